The van der Waals surface area contributed by atoms with Crippen molar-refractivity contribution >= 4 is 6.29 Å². The SMILES string of the molecule is C=C(C)CCC(C=O)(CC)C(C)C. The lowest BCUT2D eigenvalue weighted by molar-refractivity contribution is -0.119. The van der Waals surface area contributed by atoms with E-state index in [0.29, 0.717) is 5.92 Å². The lowest BCUT2D eigenvalue weighted by Gasteiger charge is -2.31. The van der Waals surface area contributed by atoms with Crippen LogP contribution in [0, 0.1) is 11.3 Å². The first kappa shape index (κ1) is 12.4. The standard InChI is InChI=1S/C12H22O/c1-6-12(9-13,11(4)5)8-7-10(2)3/h9,11H,2,6-8H2,1,3-5H3. The van der Waals surface area contributed by atoms with Crippen molar-refractivity contribution in [1.29, 1.82) is 0 Å². The summed E-state index contributed by atoms with van der Waals surface area (Å²) in [5.41, 5.74) is 1.04. The molecule has 1 heteroatoms. The van der Waals surface area contributed by atoms with Crippen molar-refractivity contribution < 1.29 is 4.79 Å². The molecular formula is C12H22O. The van der Waals surface area contributed by atoms with Gasteiger partial charge in [-0.15, -0.1) is 6.58 Å². The second-order valence-corrected chi connectivity index (χ2v) is 4.32. The van der Waals surface area contributed by atoms with Gasteiger partial charge in [-0.25, -0.2) is 0 Å². The van der Waals surface area contributed by atoms with Crippen LogP contribution >= 0.6 is 0 Å². The monoisotopic (exact) mass is 182 g/mol. The second-order valence-electron chi connectivity index (χ2n) is 4.32. The summed E-state index contributed by atoms with van der Waals surface area (Å²) in [6, 6.07) is 0. The lowest BCUT2D eigenvalue weighted by atomic mass is 9.72. The zero-order chi connectivity index (χ0) is 10.5. The largest absolute Gasteiger partial charge is 0.303 e. The van der Waals surface area contributed by atoms with E-state index < -0.39 is 0 Å². The molecule has 1 nitrogen and oxygen atoms in total. The van der Waals surface area contributed by atoms with E-state index in [1.165, 1.54) is 5.57 Å². The average molecular weight is 182 g/mol. The molecule has 0 aliphatic heterocycles. The summed E-state index contributed by atoms with van der Waals surface area (Å²) in [7, 11) is 0. The summed E-state index contributed by atoms with van der Waals surface area (Å²) in [4.78, 5) is 11.1. The molecule has 1 unspecified atom stereocenters. The summed E-state index contributed by atoms with van der Waals surface area (Å²) >= 11 is 0. The molecule has 0 radical (unpaired) electrons. The molecular weight excluding hydrogens is 160 g/mol. The van der Waals surface area contributed by atoms with Crippen LogP contribution in [0.1, 0.15) is 47.0 Å². The zero-order valence-corrected chi connectivity index (χ0v) is 9.39. The second kappa shape index (κ2) is 5.21. The fourth-order valence-electron chi connectivity index (χ4n) is 1.60. The number of allylic oxidation sites excluding steroid dienone is 1. The van der Waals surface area contributed by atoms with Crippen LogP contribution < -0.4 is 0 Å². The minimum atomic E-state index is -0.126. The molecule has 13 heavy (non-hydrogen) atoms. The van der Waals surface area contributed by atoms with Gasteiger partial charge in [-0.3, -0.25) is 0 Å². The first-order chi connectivity index (χ1) is 5.98. The van der Waals surface area contributed by atoms with Gasteiger partial charge in [0.2, 0.25) is 0 Å². The van der Waals surface area contributed by atoms with Crippen molar-refractivity contribution in [2.24, 2.45) is 11.3 Å². The third-order valence-corrected chi connectivity index (χ3v) is 3.06. The molecule has 0 fully saturated rings. The maximum Gasteiger partial charge on any atom is 0.126 e. The van der Waals surface area contributed by atoms with Crippen molar-refractivity contribution in [2.45, 2.75) is 47.0 Å². The van der Waals surface area contributed by atoms with Crippen LogP contribution in [0.15, 0.2) is 12.2 Å². The Morgan fingerprint density at radius 3 is 2.31 bits per heavy atom. The van der Waals surface area contributed by atoms with Crippen LogP contribution in [0.3, 0.4) is 0 Å². The number of carbonyl (C=O) groups excluding carboxylic acids is 1. The smallest absolute Gasteiger partial charge is 0.126 e. The van der Waals surface area contributed by atoms with E-state index >= 15 is 0 Å². The molecule has 1 atom stereocenters. The Kier molecular flexibility index (Phi) is 4.97. The van der Waals surface area contributed by atoms with E-state index in [1.54, 1.807) is 0 Å². The predicted molar refractivity (Wildman–Crippen MR) is 57.7 cm³/mol. The van der Waals surface area contributed by atoms with Gasteiger partial charge in [-0.2, -0.15) is 0 Å². The average Bonchev–Trinajstić information content (AvgIpc) is 2.06. The van der Waals surface area contributed by atoms with E-state index in [1.807, 2.05) is 6.92 Å². The highest BCUT2D eigenvalue weighted by Crippen LogP contribution is 2.34. The van der Waals surface area contributed by atoms with Gasteiger partial charge in [-0.05, 0) is 32.1 Å². The quantitative estimate of drug-likeness (QED) is 0.453. The Bertz CT molecular complexity index is 182. The van der Waals surface area contributed by atoms with E-state index in [9.17, 15) is 4.79 Å². The fourth-order valence-corrected chi connectivity index (χ4v) is 1.60. The van der Waals surface area contributed by atoms with Gasteiger partial charge in [0, 0.05) is 5.41 Å². The third-order valence-electron chi connectivity index (χ3n) is 3.06. The molecule has 0 aliphatic carbocycles. The van der Waals surface area contributed by atoms with Gasteiger partial charge in [-0.1, -0.05) is 26.3 Å². The maximum atomic E-state index is 11.1. The van der Waals surface area contributed by atoms with Gasteiger partial charge >= 0.3 is 0 Å². The Hall–Kier alpha value is -0.590. The summed E-state index contributed by atoms with van der Waals surface area (Å²) in [6.45, 7) is 12.2. The highest BCUT2D eigenvalue weighted by atomic mass is 16.1. The number of aldehydes is 1. The van der Waals surface area contributed by atoms with Crippen molar-refractivity contribution in [2.75, 3.05) is 0 Å². The molecule has 76 valence electrons. The van der Waals surface area contributed by atoms with Crippen molar-refractivity contribution in [3.63, 3.8) is 0 Å². The van der Waals surface area contributed by atoms with Crippen molar-refractivity contribution in [1.82, 2.24) is 0 Å². The van der Waals surface area contributed by atoms with Crippen LogP contribution in [0.4, 0.5) is 0 Å². The van der Waals surface area contributed by atoms with Crippen LogP contribution in [-0.4, -0.2) is 6.29 Å². The van der Waals surface area contributed by atoms with Crippen LogP contribution in [0.25, 0.3) is 0 Å². The van der Waals surface area contributed by atoms with E-state index in [0.717, 1.165) is 25.5 Å². The third kappa shape index (κ3) is 3.33. The molecule has 0 N–H and O–H groups in total. The van der Waals surface area contributed by atoms with E-state index in [4.69, 9.17) is 0 Å². The molecule has 0 aliphatic rings. The molecule has 0 saturated heterocycles. The number of hydrogen-bond acceptors (Lipinski definition) is 1. The summed E-state index contributed by atoms with van der Waals surface area (Å²) < 4.78 is 0. The molecule has 0 aromatic heterocycles. The maximum absolute atomic E-state index is 11.1. The molecule has 0 rings (SSSR count). The molecule has 0 spiro atoms. The first-order valence-electron chi connectivity index (χ1n) is 5.09. The molecule has 0 aromatic rings. The van der Waals surface area contributed by atoms with Crippen molar-refractivity contribution in [3.05, 3.63) is 12.2 Å². The Balaban J connectivity index is 4.39. The van der Waals surface area contributed by atoms with E-state index in [-0.39, 0.29) is 5.41 Å². The number of hydrogen-bond donors (Lipinski definition) is 0. The van der Waals surface area contributed by atoms with Crippen LogP contribution in [0.5, 0.6) is 0 Å². The summed E-state index contributed by atoms with van der Waals surface area (Å²) in [6.07, 6.45) is 3.98. The molecule has 0 bridgehead atoms. The van der Waals surface area contributed by atoms with Crippen LogP contribution in [-0.2, 0) is 4.79 Å². The summed E-state index contributed by atoms with van der Waals surface area (Å²) in [5.74, 6) is 0.425. The Morgan fingerprint density at radius 2 is 2.08 bits per heavy atom. The Morgan fingerprint density at radius 1 is 1.54 bits per heavy atom. The highest BCUT2D eigenvalue weighted by Gasteiger charge is 2.30. The van der Waals surface area contributed by atoms with Crippen molar-refractivity contribution in [3.8, 4) is 0 Å². The minimum absolute atomic E-state index is 0.126. The molecule has 0 saturated carbocycles. The highest BCUT2D eigenvalue weighted by molar-refractivity contribution is 5.59. The minimum Gasteiger partial charge on any atom is -0.303 e. The van der Waals surface area contributed by atoms with Gasteiger partial charge in [0.1, 0.15) is 6.29 Å². The van der Waals surface area contributed by atoms with Gasteiger partial charge in [0.15, 0.2) is 0 Å². The number of carbonyl (C=O) groups is 1. The van der Waals surface area contributed by atoms with Gasteiger partial charge in [0.05, 0.1) is 0 Å². The van der Waals surface area contributed by atoms with Gasteiger partial charge < -0.3 is 4.79 Å². The Labute approximate surface area is 82.2 Å². The fraction of sp³-hybridized carbons (Fsp3) is 0.750. The first-order valence-corrected chi connectivity index (χ1v) is 5.09. The molecule has 0 amide bonds. The predicted octanol–water partition coefficient (Wildman–Crippen LogP) is 3.59. The normalized spacial score (nSPS) is 15.5. The van der Waals surface area contributed by atoms with E-state index in [2.05, 4.69) is 27.4 Å². The van der Waals surface area contributed by atoms with Gasteiger partial charge in [0.25, 0.3) is 0 Å². The molecule has 0 aromatic carbocycles. The zero-order valence-electron chi connectivity index (χ0n) is 9.39. The topological polar surface area (TPSA) is 17.1 Å². The van der Waals surface area contributed by atoms with Crippen LogP contribution in [0.2, 0.25) is 0 Å². The lowest BCUT2D eigenvalue weighted by Crippen LogP contribution is -2.28. The number of rotatable bonds is 6. The summed E-state index contributed by atoms with van der Waals surface area (Å²) in [5, 5.41) is 0. The molecule has 0 heterocycles.